The van der Waals surface area contributed by atoms with E-state index in [9.17, 15) is 13.2 Å². The van der Waals surface area contributed by atoms with E-state index in [0.717, 1.165) is 0 Å². The van der Waals surface area contributed by atoms with Gasteiger partial charge in [0.1, 0.15) is 0 Å². The molecule has 2 aromatic heterocycles. The molecule has 0 spiro atoms. The summed E-state index contributed by atoms with van der Waals surface area (Å²) in [5, 5.41) is 0.382. The lowest BCUT2D eigenvalue weighted by Crippen LogP contribution is -2.23. The van der Waals surface area contributed by atoms with Gasteiger partial charge in [0.05, 0.1) is 32.9 Å². The number of benzene rings is 3. The Balaban J connectivity index is 1.59. The van der Waals surface area contributed by atoms with Crippen LogP contribution in [0.5, 0.6) is 0 Å². The van der Waals surface area contributed by atoms with Crippen LogP contribution in [0.2, 0.25) is 0 Å². The minimum atomic E-state index is -3.78. The number of para-hydroxylation sites is 1. The molecule has 0 unspecified atom stereocenters. The van der Waals surface area contributed by atoms with Gasteiger partial charge in [-0.25, -0.2) is 18.0 Å². The fourth-order valence-electron chi connectivity index (χ4n) is 3.81. The van der Waals surface area contributed by atoms with Crippen LogP contribution in [-0.2, 0) is 10.0 Å². The van der Waals surface area contributed by atoms with Gasteiger partial charge in [0, 0.05) is 11.8 Å². The summed E-state index contributed by atoms with van der Waals surface area (Å²) in [5.74, 6) is 0.0936. The largest absolute Gasteiger partial charge is 0.369 e. The topological polar surface area (TPSA) is 120 Å². The molecule has 0 radical (unpaired) electrons. The molecule has 0 aliphatic heterocycles. The number of nitrogens with one attached hydrogen (secondary N) is 1. The number of rotatable bonds is 5. The Hall–Kier alpha value is -4.50. The molecule has 8 nitrogen and oxygen atoms in total. The van der Waals surface area contributed by atoms with Crippen molar-refractivity contribution in [3.8, 4) is 16.8 Å². The fraction of sp³-hybridized carbons (Fsp3) is 0.0385. The van der Waals surface area contributed by atoms with E-state index in [1.807, 2.05) is 18.2 Å². The molecule has 0 saturated carbocycles. The molecule has 5 aromatic rings. The van der Waals surface area contributed by atoms with Crippen LogP contribution in [0.25, 0.3) is 27.7 Å². The zero-order valence-corrected chi connectivity index (χ0v) is 19.5. The van der Waals surface area contributed by atoms with E-state index < -0.39 is 10.0 Å². The molecule has 0 bridgehead atoms. The first-order valence-corrected chi connectivity index (χ1v) is 12.2. The number of anilines is 2. The Morgan fingerprint density at radius 3 is 2.29 bits per heavy atom. The summed E-state index contributed by atoms with van der Waals surface area (Å²) in [6.45, 7) is 1.72. The van der Waals surface area contributed by atoms with E-state index in [1.165, 1.54) is 16.7 Å². The molecule has 3 N–H and O–H groups in total. The van der Waals surface area contributed by atoms with Gasteiger partial charge in [-0.2, -0.15) is 0 Å². The summed E-state index contributed by atoms with van der Waals surface area (Å²) in [7, 11) is -3.78. The van der Waals surface area contributed by atoms with Crippen molar-refractivity contribution in [2.45, 2.75) is 11.8 Å². The monoisotopic (exact) mass is 483 g/mol. The quantitative estimate of drug-likeness (QED) is 0.388. The van der Waals surface area contributed by atoms with Crippen molar-refractivity contribution < 1.29 is 8.42 Å². The van der Waals surface area contributed by atoms with Gasteiger partial charge in [-0.15, -0.1) is 0 Å². The molecule has 0 atom stereocenters. The van der Waals surface area contributed by atoms with Gasteiger partial charge in [0.2, 0.25) is 5.95 Å². The summed E-state index contributed by atoms with van der Waals surface area (Å²) in [4.78, 5) is 22.3. The fourth-order valence-corrected chi connectivity index (χ4v) is 4.94. The number of nitrogen functional groups attached to an aromatic ring is 1. The number of hydrogen-bond donors (Lipinski definition) is 2. The van der Waals surface area contributed by atoms with E-state index in [0.29, 0.717) is 39.1 Å². The summed E-state index contributed by atoms with van der Waals surface area (Å²) in [6.07, 6.45) is 1.64. The van der Waals surface area contributed by atoms with E-state index in [1.54, 1.807) is 67.7 Å². The Morgan fingerprint density at radius 2 is 1.57 bits per heavy atom. The van der Waals surface area contributed by atoms with Gasteiger partial charge in [0.25, 0.3) is 15.6 Å². The average Bonchev–Trinajstić information content (AvgIpc) is 2.86. The Bertz CT molecular complexity index is 1720. The molecule has 3 aromatic carbocycles. The molecule has 9 heteroatoms. The third-order valence-corrected chi connectivity index (χ3v) is 7.01. The summed E-state index contributed by atoms with van der Waals surface area (Å²) in [5.41, 5.74) is 9.08. The molecule has 35 heavy (non-hydrogen) atoms. The average molecular weight is 484 g/mol. The van der Waals surface area contributed by atoms with Gasteiger partial charge < -0.3 is 5.73 Å². The number of sulfonamides is 1. The number of nitrogens with two attached hydrogens (primary N) is 1. The second-order valence-electron chi connectivity index (χ2n) is 7.95. The van der Waals surface area contributed by atoms with Crippen molar-refractivity contribution in [3.05, 3.63) is 107 Å². The van der Waals surface area contributed by atoms with Crippen LogP contribution in [0.3, 0.4) is 0 Å². The maximum absolute atomic E-state index is 13.3. The van der Waals surface area contributed by atoms with Crippen molar-refractivity contribution in [1.29, 1.82) is 0 Å². The lowest BCUT2D eigenvalue weighted by molar-refractivity contribution is 0.601. The highest BCUT2D eigenvalue weighted by Crippen LogP contribution is 2.27. The van der Waals surface area contributed by atoms with Gasteiger partial charge in [-0.1, -0.05) is 42.5 Å². The SMILES string of the molecule is Cc1ncc(-c2ccc3nc(N)n(-c4ccccc4)c(=O)c3c2)cc1NS(=O)(=O)c1ccccc1. The van der Waals surface area contributed by atoms with E-state index >= 15 is 0 Å². The molecule has 0 fully saturated rings. The van der Waals surface area contributed by atoms with Crippen LogP contribution >= 0.6 is 0 Å². The standard InChI is InChI=1S/C26H21N5O3S/c1-17-24(30-35(33,34)21-10-6-3-7-11-21)15-19(16-28-17)18-12-13-23-22(14-18)25(32)31(26(27)29-23)20-8-4-2-5-9-20/h2-16,30H,1H3,(H2,27,29). The van der Waals surface area contributed by atoms with Crippen molar-refractivity contribution in [2.75, 3.05) is 10.5 Å². The first-order valence-electron chi connectivity index (χ1n) is 10.8. The first kappa shape index (κ1) is 22.3. The summed E-state index contributed by atoms with van der Waals surface area (Å²) < 4.78 is 29.6. The summed E-state index contributed by atoms with van der Waals surface area (Å²) in [6, 6.07) is 24.1. The van der Waals surface area contributed by atoms with Crippen LogP contribution in [-0.4, -0.2) is 23.0 Å². The Kier molecular flexibility index (Phi) is 5.54. The summed E-state index contributed by atoms with van der Waals surface area (Å²) >= 11 is 0. The minimum absolute atomic E-state index is 0.0936. The molecular formula is C26H21N5O3S. The molecule has 0 aliphatic carbocycles. The maximum atomic E-state index is 13.3. The zero-order valence-electron chi connectivity index (χ0n) is 18.7. The van der Waals surface area contributed by atoms with Crippen molar-refractivity contribution in [3.63, 3.8) is 0 Å². The smallest absolute Gasteiger partial charge is 0.267 e. The molecular weight excluding hydrogens is 462 g/mol. The second kappa shape index (κ2) is 8.69. The predicted octanol–water partition coefficient (Wildman–Crippen LogP) is 4.14. The molecule has 5 rings (SSSR count). The van der Waals surface area contributed by atoms with Gasteiger partial charge >= 0.3 is 0 Å². The highest BCUT2D eigenvalue weighted by molar-refractivity contribution is 7.92. The van der Waals surface area contributed by atoms with Gasteiger partial charge in [-0.3, -0.25) is 14.5 Å². The molecule has 0 amide bonds. The van der Waals surface area contributed by atoms with Gasteiger partial charge in [0.15, 0.2) is 0 Å². The van der Waals surface area contributed by atoms with Crippen LogP contribution in [0.15, 0.2) is 101 Å². The van der Waals surface area contributed by atoms with E-state index in [-0.39, 0.29) is 16.4 Å². The number of fused-ring (bicyclic) bond motifs is 1. The lowest BCUT2D eigenvalue weighted by atomic mass is 10.0. The number of aryl methyl sites for hydroxylation is 1. The van der Waals surface area contributed by atoms with Crippen LogP contribution in [0, 0.1) is 6.92 Å². The third kappa shape index (κ3) is 4.24. The molecule has 0 aliphatic rings. The highest BCUT2D eigenvalue weighted by atomic mass is 32.2. The zero-order chi connectivity index (χ0) is 24.6. The number of hydrogen-bond acceptors (Lipinski definition) is 6. The minimum Gasteiger partial charge on any atom is -0.369 e. The van der Waals surface area contributed by atoms with E-state index in [4.69, 9.17) is 5.73 Å². The number of pyridine rings is 1. The van der Waals surface area contributed by atoms with Crippen LogP contribution in [0.1, 0.15) is 5.69 Å². The van der Waals surface area contributed by atoms with Crippen molar-refractivity contribution in [2.24, 2.45) is 0 Å². The molecule has 174 valence electrons. The van der Waals surface area contributed by atoms with Crippen molar-refractivity contribution in [1.82, 2.24) is 14.5 Å². The van der Waals surface area contributed by atoms with Crippen LogP contribution in [0.4, 0.5) is 11.6 Å². The van der Waals surface area contributed by atoms with Crippen molar-refractivity contribution >= 4 is 32.6 Å². The Labute approximate surface area is 201 Å². The Morgan fingerprint density at radius 1 is 0.886 bits per heavy atom. The highest BCUT2D eigenvalue weighted by Gasteiger charge is 2.17. The van der Waals surface area contributed by atoms with Gasteiger partial charge in [-0.05, 0) is 55.0 Å². The normalized spacial score (nSPS) is 11.5. The third-order valence-electron chi connectivity index (χ3n) is 5.63. The lowest BCUT2D eigenvalue weighted by Gasteiger charge is -2.13. The van der Waals surface area contributed by atoms with Crippen LogP contribution < -0.4 is 16.0 Å². The number of nitrogens with zero attached hydrogens (tertiary/aromatic N) is 3. The maximum Gasteiger partial charge on any atom is 0.267 e. The molecule has 2 heterocycles. The predicted molar refractivity (Wildman–Crippen MR) is 137 cm³/mol. The second-order valence-corrected chi connectivity index (χ2v) is 9.64. The number of aromatic nitrogens is 3. The van der Waals surface area contributed by atoms with E-state index in [2.05, 4.69) is 14.7 Å². The first-order chi connectivity index (χ1) is 16.8. The molecule has 0 saturated heterocycles.